The summed E-state index contributed by atoms with van der Waals surface area (Å²) in [6.07, 6.45) is 4.64. The van der Waals surface area contributed by atoms with E-state index < -0.39 is 0 Å². The first-order chi connectivity index (χ1) is 13.7. The van der Waals surface area contributed by atoms with Gasteiger partial charge in [0, 0.05) is 37.3 Å². The lowest BCUT2D eigenvalue weighted by atomic mass is 9.90. The summed E-state index contributed by atoms with van der Waals surface area (Å²) in [7, 11) is 1.61. The highest BCUT2D eigenvalue weighted by molar-refractivity contribution is 5.96. The van der Waals surface area contributed by atoms with Crippen LogP contribution in [0.3, 0.4) is 0 Å². The van der Waals surface area contributed by atoms with Crippen LogP contribution in [0.25, 0.3) is 0 Å². The van der Waals surface area contributed by atoms with Crippen LogP contribution in [0.5, 0.6) is 5.75 Å². The number of ether oxygens (including phenoxy) is 1. The van der Waals surface area contributed by atoms with E-state index in [1.54, 1.807) is 31.4 Å². The largest absolute Gasteiger partial charge is 0.497 e. The van der Waals surface area contributed by atoms with Gasteiger partial charge in [-0.25, -0.2) is 0 Å². The Morgan fingerprint density at radius 3 is 1.89 bits per heavy atom. The van der Waals surface area contributed by atoms with E-state index in [0.29, 0.717) is 31.7 Å². The van der Waals surface area contributed by atoms with E-state index in [2.05, 4.69) is 12.1 Å². The first-order valence-corrected chi connectivity index (χ1v) is 10.00. The van der Waals surface area contributed by atoms with Crippen LogP contribution in [0.1, 0.15) is 44.7 Å². The number of amides is 2. The maximum atomic E-state index is 12.9. The lowest BCUT2D eigenvalue weighted by Gasteiger charge is -2.35. The highest BCUT2D eigenvalue weighted by Gasteiger charge is 2.26. The molecule has 0 atom stereocenters. The zero-order chi connectivity index (χ0) is 19.5. The fraction of sp³-hybridized carbons (Fsp3) is 0.391. The van der Waals surface area contributed by atoms with E-state index in [0.717, 1.165) is 24.2 Å². The number of rotatable bonds is 3. The molecule has 5 heteroatoms. The Hall–Kier alpha value is -2.82. The number of fused-ring (bicyclic) bond motifs is 1. The molecule has 0 bridgehead atoms. The van der Waals surface area contributed by atoms with Gasteiger partial charge in [-0.1, -0.05) is 6.07 Å². The lowest BCUT2D eigenvalue weighted by molar-refractivity contribution is 0.0535. The Kier molecular flexibility index (Phi) is 5.33. The molecule has 0 radical (unpaired) electrons. The molecule has 0 saturated carbocycles. The minimum absolute atomic E-state index is 0.00327. The van der Waals surface area contributed by atoms with Gasteiger partial charge in [-0.2, -0.15) is 0 Å². The van der Waals surface area contributed by atoms with Crippen molar-refractivity contribution in [3.8, 4) is 5.75 Å². The maximum absolute atomic E-state index is 12.9. The van der Waals surface area contributed by atoms with E-state index in [9.17, 15) is 9.59 Å². The summed E-state index contributed by atoms with van der Waals surface area (Å²) in [5, 5.41) is 0. The number of piperazine rings is 1. The SMILES string of the molecule is COc1ccc(C(=O)N2CCN(C(=O)c3ccc4c(c3)CCCC4)CC2)cc1. The van der Waals surface area contributed by atoms with Crippen molar-refractivity contribution >= 4 is 11.8 Å². The molecule has 2 aromatic carbocycles. The van der Waals surface area contributed by atoms with Crippen LogP contribution in [-0.4, -0.2) is 54.9 Å². The standard InChI is InChI=1S/C23H26N2O3/c1-28-21-10-8-18(9-11-21)22(26)24-12-14-25(15-13-24)23(27)20-7-6-17-4-2-3-5-19(17)16-20/h6-11,16H,2-5,12-15H2,1H3. The van der Waals surface area contributed by atoms with Crippen LogP contribution in [0.15, 0.2) is 42.5 Å². The average molecular weight is 378 g/mol. The van der Waals surface area contributed by atoms with Gasteiger partial charge < -0.3 is 14.5 Å². The van der Waals surface area contributed by atoms with Gasteiger partial charge in [0.05, 0.1) is 7.11 Å². The van der Waals surface area contributed by atoms with Gasteiger partial charge in [-0.15, -0.1) is 0 Å². The molecule has 4 rings (SSSR count). The normalized spacial score (nSPS) is 16.5. The molecular formula is C23H26N2O3. The van der Waals surface area contributed by atoms with E-state index in [-0.39, 0.29) is 11.8 Å². The van der Waals surface area contributed by atoms with E-state index in [1.807, 2.05) is 15.9 Å². The molecule has 1 saturated heterocycles. The van der Waals surface area contributed by atoms with Crippen molar-refractivity contribution in [1.82, 2.24) is 9.80 Å². The topological polar surface area (TPSA) is 49.9 Å². The quantitative estimate of drug-likeness (QED) is 0.824. The molecule has 1 fully saturated rings. The Morgan fingerprint density at radius 2 is 1.29 bits per heavy atom. The zero-order valence-corrected chi connectivity index (χ0v) is 16.3. The molecule has 2 aliphatic rings. The summed E-state index contributed by atoms with van der Waals surface area (Å²) in [5.74, 6) is 0.811. The Balaban J connectivity index is 1.38. The summed E-state index contributed by atoms with van der Waals surface area (Å²) >= 11 is 0. The van der Waals surface area contributed by atoms with Crippen LogP contribution in [0.2, 0.25) is 0 Å². The van der Waals surface area contributed by atoms with Crippen LogP contribution in [-0.2, 0) is 12.8 Å². The number of carbonyl (C=O) groups is 2. The third-order valence-corrected chi connectivity index (χ3v) is 5.79. The summed E-state index contributed by atoms with van der Waals surface area (Å²) in [4.78, 5) is 29.3. The molecule has 1 aliphatic heterocycles. The number of carbonyl (C=O) groups excluding carboxylic acids is 2. The summed E-state index contributed by atoms with van der Waals surface area (Å²) in [6, 6.07) is 13.3. The molecule has 146 valence electrons. The van der Waals surface area contributed by atoms with E-state index in [4.69, 9.17) is 4.74 Å². The van der Waals surface area contributed by atoms with Crippen LogP contribution in [0.4, 0.5) is 0 Å². The van der Waals surface area contributed by atoms with Crippen LogP contribution in [0, 0.1) is 0 Å². The molecule has 0 spiro atoms. The zero-order valence-electron chi connectivity index (χ0n) is 16.3. The maximum Gasteiger partial charge on any atom is 0.253 e. The smallest absolute Gasteiger partial charge is 0.253 e. The monoisotopic (exact) mass is 378 g/mol. The fourth-order valence-electron chi connectivity index (χ4n) is 4.08. The van der Waals surface area contributed by atoms with Crippen molar-refractivity contribution in [3.63, 3.8) is 0 Å². The van der Waals surface area contributed by atoms with Crippen molar-refractivity contribution in [2.75, 3.05) is 33.3 Å². The predicted molar refractivity (Wildman–Crippen MR) is 108 cm³/mol. The number of hydrogen-bond donors (Lipinski definition) is 0. The number of methoxy groups -OCH3 is 1. The molecular weight excluding hydrogens is 352 g/mol. The highest BCUT2D eigenvalue weighted by Crippen LogP contribution is 2.23. The second-order valence-electron chi connectivity index (χ2n) is 7.50. The number of benzene rings is 2. The average Bonchev–Trinajstić information content (AvgIpc) is 2.78. The molecule has 2 aromatic rings. The minimum atomic E-state index is 0.00327. The fourth-order valence-corrected chi connectivity index (χ4v) is 4.08. The lowest BCUT2D eigenvalue weighted by Crippen LogP contribution is -2.50. The van der Waals surface area contributed by atoms with Crippen LogP contribution < -0.4 is 4.74 Å². The number of hydrogen-bond acceptors (Lipinski definition) is 3. The summed E-state index contributed by atoms with van der Waals surface area (Å²) in [6.45, 7) is 2.25. The minimum Gasteiger partial charge on any atom is -0.497 e. The number of nitrogens with zero attached hydrogens (tertiary/aromatic N) is 2. The van der Waals surface area contributed by atoms with Gasteiger partial charge in [0.15, 0.2) is 0 Å². The van der Waals surface area contributed by atoms with Crippen molar-refractivity contribution in [2.45, 2.75) is 25.7 Å². The van der Waals surface area contributed by atoms with Gasteiger partial charge in [-0.3, -0.25) is 9.59 Å². The number of aryl methyl sites for hydroxylation is 2. The molecule has 1 heterocycles. The molecule has 0 aromatic heterocycles. The second kappa shape index (κ2) is 8.05. The molecule has 0 N–H and O–H groups in total. The summed E-state index contributed by atoms with van der Waals surface area (Å²) in [5.41, 5.74) is 4.13. The van der Waals surface area contributed by atoms with Gasteiger partial charge >= 0.3 is 0 Å². The Morgan fingerprint density at radius 1 is 0.750 bits per heavy atom. The second-order valence-corrected chi connectivity index (χ2v) is 7.50. The molecule has 5 nitrogen and oxygen atoms in total. The van der Waals surface area contributed by atoms with Crippen molar-refractivity contribution in [1.29, 1.82) is 0 Å². The van der Waals surface area contributed by atoms with Crippen molar-refractivity contribution < 1.29 is 14.3 Å². The molecule has 0 unspecified atom stereocenters. The van der Waals surface area contributed by atoms with Gasteiger partial charge in [0.1, 0.15) is 5.75 Å². The van der Waals surface area contributed by atoms with Gasteiger partial charge in [-0.05, 0) is 73.2 Å². The van der Waals surface area contributed by atoms with Crippen LogP contribution >= 0.6 is 0 Å². The van der Waals surface area contributed by atoms with Gasteiger partial charge in [0.2, 0.25) is 0 Å². The third-order valence-electron chi connectivity index (χ3n) is 5.79. The molecule has 1 aliphatic carbocycles. The third kappa shape index (κ3) is 3.75. The van der Waals surface area contributed by atoms with Gasteiger partial charge in [0.25, 0.3) is 11.8 Å². The predicted octanol–water partition coefficient (Wildman–Crippen LogP) is 3.17. The van der Waals surface area contributed by atoms with E-state index >= 15 is 0 Å². The summed E-state index contributed by atoms with van der Waals surface area (Å²) < 4.78 is 5.14. The first kappa shape index (κ1) is 18.5. The van der Waals surface area contributed by atoms with Crippen molar-refractivity contribution in [3.05, 3.63) is 64.7 Å². The Bertz CT molecular complexity index is 868. The molecule has 2 amide bonds. The molecule has 28 heavy (non-hydrogen) atoms. The Labute approximate surface area is 165 Å². The highest BCUT2D eigenvalue weighted by atomic mass is 16.5. The van der Waals surface area contributed by atoms with Crippen molar-refractivity contribution in [2.24, 2.45) is 0 Å². The first-order valence-electron chi connectivity index (χ1n) is 10.00. The van der Waals surface area contributed by atoms with E-state index in [1.165, 1.54) is 24.0 Å².